The summed E-state index contributed by atoms with van der Waals surface area (Å²) in [5.41, 5.74) is 5.09. The molecule has 20 heavy (non-hydrogen) atoms. The van der Waals surface area contributed by atoms with E-state index in [2.05, 4.69) is 21.0 Å². The first-order chi connectivity index (χ1) is 9.21. The summed E-state index contributed by atoms with van der Waals surface area (Å²) in [4.78, 5) is 0. The van der Waals surface area contributed by atoms with E-state index in [1.807, 2.05) is 0 Å². The van der Waals surface area contributed by atoms with Gasteiger partial charge in [0.05, 0.1) is 28.0 Å². The lowest BCUT2D eigenvalue weighted by Gasteiger charge is -2.16. The van der Waals surface area contributed by atoms with E-state index in [-0.39, 0.29) is 5.56 Å². The molecule has 3 nitrogen and oxygen atoms in total. The molecule has 1 aromatic heterocycles. The van der Waals surface area contributed by atoms with Gasteiger partial charge in [0.1, 0.15) is 5.82 Å². The van der Waals surface area contributed by atoms with Crippen LogP contribution in [-0.4, -0.2) is 9.78 Å². The van der Waals surface area contributed by atoms with Crippen molar-refractivity contribution in [2.75, 3.05) is 0 Å². The molecule has 0 fully saturated rings. The molecule has 0 bridgehead atoms. The van der Waals surface area contributed by atoms with Crippen LogP contribution in [0.25, 0.3) is 0 Å². The summed E-state index contributed by atoms with van der Waals surface area (Å²) in [6.07, 6.45) is -3.10. The van der Waals surface area contributed by atoms with Crippen LogP contribution in [0.5, 0.6) is 0 Å². The Balaban J connectivity index is 2.52. The summed E-state index contributed by atoms with van der Waals surface area (Å²) >= 11 is 3.19. The molecule has 0 saturated carbocycles. The molecule has 0 amide bonds. The summed E-state index contributed by atoms with van der Waals surface area (Å²) in [6.45, 7) is 0. The van der Waals surface area contributed by atoms with Gasteiger partial charge in [-0.2, -0.15) is 18.3 Å². The van der Waals surface area contributed by atoms with E-state index in [0.717, 1.165) is 12.1 Å². The molecular weight excluding hydrogens is 342 g/mol. The quantitative estimate of drug-likeness (QED) is 0.843. The maximum atomic E-state index is 13.8. The second kappa shape index (κ2) is 5.17. The summed E-state index contributed by atoms with van der Waals surface area (Å²) in [5.74, 6) is -0.793. The van der Waals surface area contributed by atoms with Crippen molar-refractivity contribution in [3.05, 3.63) is 51.5 Å². The predicted molar refractivity (Wildman–Crippen MR) is 68.3 cm³/mol. The smallest absolute Gasteiger partial charge is 0.319 e. The minimum Gasteiger partial charge on any atom is -0.319 e. The Morgan fingerprint density at radius 2 is 2.00 bits per heavy atom. The summed E-state index contributed by atoms with van der Waals surface area (Å²) in [6, 6.07) is 1.12. The van der Waals surface area contributed by atoms with Gasteiger partial charge in [-0.25, -0.2) is 4.39 Å². The molecule has 0 saturated heterocycles. The fourth-order valence-electron chi connectivity index (χ4n) is 1.88. The Hall–Kier alpha value is -1.41. The van der Waals surface area contributed by atoms with Gasteiger partial charge in [0.25, 0.3) is 0 Å². The topological polar surface area (TPSA) is 43.8 Å². The molecule has 2 N–H and O–H groups in total. The molecule has 2 rings (SSSR count). The molecule has 0 aliphatic rings. The first-order valence-corrected chi connectivity index (χ1v) is 6.30. The largest absolute Gasteiger partial charge is 0.416 e. The van der Waals surface area contributed by atoms with E-state index < -0.39 is 23.6 Å². The van der Waals surface area contributed by atoms with Gasteiger partial charge in [-0.3, -0.25) is 4.68 Å². The van der Waals surface area contributed by atoms with Crippen molar-refractivity contribution < 1.29 is 17.6 Å². The highest BCUT2D eigenvalue weighted by molar-refractivity contribution is 9.10. The Labute approximate surface area is 120 Å². The van der Waals surface area contributed by atoms with Crippen LogP contribution in [0.15, 0.2) is 28.9 Å². The minimum absolute atomic E-state index is 0.232. The molecule has 1 unspecified atom stereocenters. The lowest BCUT2D eigenvalue weighted by molar-refractivity contribution is -0.137. The molecule has 8 heteroatoms. The Morgan fingerprint density at radius 1 is 1.35 bits per heavy atom. The normalized spacial score (nSPS) is 13.6. The van der Waals surface area contributed by atoms with Crippen molar-refractivity contribution in [1.82, 2.24) is 9.78 Å². The third-order valence-corrected chi connectivity index (χ3v) is 3.50. The van der Waals surface area contributed by atoms with Crippen LogP contribution in [0.2, 0.25) is 0 Å². The molecule has 0 radical (unpaired) electrons. The predicted octanol–water partition coefficient (Wildman–Crippen LogP) is 3.39. The lowest BCUT2D eigenvalue weighted by Crippen LogP contribution is -2.19. The number of halogens is 5. The summed E-state index contributed by atoms with van der Waals surface area (Å²) in [7, 11) is 1.57. The van der Waals surface area contributed by atoms with Gasteiger partial charge >= 0.3 is 6.18 Å². The first-order valence-electron chi connectivity index (χ1n) is 5.51. The van der Waals surface area contributed by atoms with Gasteiger partial charge in [0, 0.05) is 12.6 Å². The minimum atomic E-state index is -4.55. The van der Waals surface area contributed by atoms with Crippen molar-refractivity contribution in [3.63, 3.8) is 0 Å². The maximum absolute atomic E-state index is 13.8. The molecule has 108 valence electrons. The highest BCUT2D eigenvalue weighted by atomic mass is 79.9. The average molecular weight is 352 g/mol. The zero-order valence-corrected chi connectivity index (χ0v) is 11.8. The highest BCUT2D eigenvalue weighted by Gasteiger charge is 2.32. The highest BCUT2D eigenvalue weighted by Crippen LogP contribution is 2.34. The molecule has 0 aliphatic heterocycles. The van der Waals surface area contributed by atoms with Crippen LogP contribution in [0.1, 0.15) is 22.9 Å². The molecule has 2 aromatic rings. The van der Waals surface area contributed by atoms with E-state index in [0.29, 0.717) is 16.2 Å². The number of hydrogen-bond donors (Lipinski definition) is 1. The van der Waals surface area contributed by atoms with Gasteiger partial charge < -0.3 is 5.73 Å². The summed E-state index contributed by atoms with van der Waals surface area (Å²) in [5, 5.41) is 3.91. The van der Waals surface area contributed by atoms with E-state index in [9.17, 15) is 17.6 Å². The fraction of sp³-hybridized carbons (Fsp3) is 0.250. The van der Waals surface area contributed by atoms with Crippen molar-refractivity contribution >= 4 is 15.9 Å². The van der Waals surface area contributed by atoms with E-state index >= 15 is 0 Å². The molecule has 1 heterocycles. The SMILES string of the molecule is Cn1ncc(Br)c1C(N)c1cc(C(F)(F)F)ccc1F. The molecule has 1 aromatic carbocycles. The molecular formula is C12H10BrF4N3. The van der Waals surface area contributed by atoms with Crippen LogP contribution in [-0.2, 0) is 13.2 Å². The zero-order chi connectivity index (χ0) is 15.1. The number of nitrogens with two attached hydrogens (primary N) is 1. The Kier molecular flexibility index (Phi) is 3.88. The van der Waals surface area contributed by atoms with Crippen LogP contribution in [0, 0.1) is 5.82 Å². The van der Waals surface area contributed by atoms with Crippen molar-refractivity contribution in [3.8, 4) is 0 Å². The molecule has 1 atom stereocenters. The second-order valence-electron chi connectivity index (χ2n) is 4.21. The average Bonchev–Trinajstić information content (AvgIpc) is 2.67. The van der Waals surface area contributed by atoms with Gasteiger partial charge in [0.15, 0.2) is 0 Å². The van der Waals surface area contributed by atoms with E-state index in [1.165, 1.54) is 10.9 Å². The molecule has 0 spiro atoms. The van der Waals surface area contributed by atoms with Crippen LogP contribution in [0.4, 0.5) is 17.6 Å². The monoisotopic (exact) mass is 351 g/mol. The Bertz CT molecular complexity index is 617. The third-order valence-electron chi connectivity index (χ3n) is 2.89. The standard InChI is InChI=1S/C12H10BrF4N3/c1-20-11(8(13)5-19-20)10(18)7-4-6(12(15,16)17)2-3-9(7)14/h2-5,10H,18H2,1H3. The number of nitrogens with zero attached hydrogens (tertiary/aromatic N) is 2. The second-order valence-corrected chi connectivity index (χ2v) is 5.07. The van der Waals surface area contributed by atoms with E-state index in [1.54, 1.807) is 7.05 Å². The number of aryl methyl sites for hydroxylation is 1. The number of hydrogen-bond acceptors (Lipinski definition) is 2. The number of benzene rings is 1. The van der Waals surface area contributed by atoms with Crippen molar-refractivity contribution in [1.29, 1.82) is 0 Å². The zero-order valence-electron chi connectivity index (χ0n) is 10.2. The van der Waals surface area contributed by atoms with Gasteiger partial charge in [-0.1, -0.05) is 0 Å². The van der Waals surface area contributed by atoms with E-state index in [4.69, 9.17) is 5.73 Å². The van der Waals surface area contributed by atoms with Crippen molar-refractivity contribution in [2.45, 2.75) is 12.2 Å². The Morgan fingerprint density at radius 3 is 2.50 bits per heavy atom. The number of aromatic nitrogens is 2. The number of alkyl halides is 3. The van der Waals surface area contributed by atoms with Gasteiger partial charge in [-0.15, -0.1) is 0 Å². The maximum Gasteiger partial charge on any atom is 0.416 e. The van der Waals surface area contributed by atoms with Crippen LogP contribution in [0.3, 0.4) is 0 Å². The lowest BCUT2D eigenvalue weighted by atomic mass is 10.0. The van der Waals surface area contributed by atoms with Gasteiger partial charge in [0.2, 0.25) is 0 Å². The first kappa shape index (κ1) is 15.0. The van der Waals surface area contributed by atoms with Crippen LogP contribution < -0.4 is 5.73 Å². The fourth-order valence-corrected chi connectivity index (χ4v) is 2.47. The van der Waals surface area contributed by atoms with Gasteiger partial charge in [-0.05, 0) is 34.1 Å². The third kappa shape index (κ3) is 2.71. The summed E-state index contributed by atoms with van der Waals surface area (Å²) < 4.78 is 53.7. The van der Waals surface area contributed by atoms with Crippen molar-refractivity contribution in [2.24, 2.45) is 12.8 Å². The van der Waals surface area contributed by atoms with Crippen LogP contribution >= 0.6 is 15.9 Å². The molecule has 0 aliphatic carbocycles. The number of rotatable bonds is 2.